The number of carbonyl (C=O) groups is 1. The van der Waals surface area contributed by atoms with Crippen molar-refractivity contribution < 1.29 is 13.6 Å². The first-order valence-electron chi connectivity index (χ1n) is 8.81. The molecule has 0 N–H and O–H groups in total. The molecule has 1 heterocycles. The van der Waals surface area contributed by atoms with Gasteiger partial charge in [0.2, 0.25) is 0 Å². The van der Waals surface area contributed by atoms with Gasteiger partial charge in [0.15, 0.2) is 28.4 Å². The van der Waals surface area contributed by atoms with Crippen molar-refractivity contribution in [2.75, 3.05) is 5.75 Å². The third kappa shape index (κ3) is 4.09. The van der Waals surface area contributed by atoms with Gasteiger partial charge in [0, 0.05) is 16.8 Å². The number of halogens is 2. The Kier molecular flexibility index (Phi) is 5.48. The molecule has 3 aromatic carbocycles. The van der Waals surface area contributed by atoms with Crippen LogP contribution in [-0.4, -0.2) is 26.3 Å². The highest BCUT2D eigenvalue weighted by Gasteiger charge is 2.18. The Morgan fingerprint density at radius 1 is 0.862 bits per heavy atom. The summed E-state index contributed by atoms with van der Waals surface area (Å²) in [7, 11) is 0. The van der Waals surface area contributed by atoms with Crippen LogP contribution in [-0.2, 0) is 0 Å². The van der Waals surface area contributed by atoms with Crippen LogP contribution in [0, 0.1) is 11.6 Å². The maximum absolute atomic E-state index is 13.4. The normalized spacial score (nSPS) is 10.8. The molecular weight excluding hydrogens is 392 g/mol. The third-order valence-electron chi connectivity index (χ3n) is 4.25. The van der Waals surface area contributed by atoms with Crippen LogP contribution in [0.4, 0.5) is 8.78 Å². The van der Waals surface area contributed by atoms with Crippen LogP contribution in [0.1, 0.15) is 10.4 Å². The van der Waals surface area contributed by atoms with Gasteiger partial charge in [-0.1, -0.05) is 60.3 Å². The molecule has 0 aliphatic carbocycles. The lowest BCUT2D eigenvalue weighted by Crippen LogP contribution is -2.06. The van der Waals surface area contributed by atoms with Gasteiger partial charge < -0.3 is 0 Å². The number of ketones is 1. The average molecular weight is 407 g/mol. The van der Waals surface area contributed by atoms with Crippen LogP contribution >= 0.6 is 11.8 Å². The van der Waals surface area contributed by atoms with E-state index in [0.717, 1.165) is 23.4 Å². The molecule has 0 amide bonds. The molecule has 4 aromatic rings. The summed E-state index contributed by atoms with van der Waals surface area (Å²) in [6.07, 6.45) is 0. The lowest BCUT2D eigenvalue weighted by Gasteiger charge is -2.10. The highest BCUT2D eigenvalue weighted by Crippen LogP contribution is 2.28. The van der Waals surface area contributed by atoms with Gasteiger partial charge in [-0.3, -0.25) is 9.36 Å². The number of hydrogen-bond acceptors (Lipinski definition) is 4. The second-order valence-electron chi connectivity index (χ2n) is 6.18. The van der Waals surface area contributed by atoms with Gasteiger partial charge in [0.05, 0.1) is 5.75 Å². The van der Waals surface area contributed by atoms with Crippen LogP contribution in [0.2, 0.25) is 0 Å². The molecule has 144 valence electrons. The van der Waals surface area contributed by atoms with E-state index in [1.54, 1.807) is 0 Å². The highest BCUT2D eigenvalue weighted by atomic mass is 32.2. The molecular formula is C22H15F2N3OS. The molecule has 4 rings (SSSR count). The molecule has 29 heavy (non-hydrogen) atoms. The van der Waals surface area contributed by atoms with Crippen molar-refractivity contribution in [2.45, 2.75) is 5.16 Å². The molecule has 4 nitrogen and oxygen atoms in total. The number of thioether (sulfide) groups is 1. The zero-order valence-electron chi connectivity index (χ0n) is 15.1. The Morgan fingerprint density at radius 3 is 2.24 bits per heavy atom. The SMILES string of the molecule is O=C(CSc1nnc(-c2ccccc2)n1-c1ccccc1)c1ccc(F)c(F)c1. The van der Waals surface area contributed by atoms with Gasteiger partial charge in [0.1, 0.15) is 0 Å². The minimum atomic E-state index is -1.04. The lowest BCUT2D eigenvalue weighted by atomic mass is 10.1. The minimum Gasteiger partial charge on any atom is -0.293 e. The number of carbonyl (C=O) groups excluding carboxylic acids is 1. The first kappa shape index (κ1) is 19.0. The number of aromatic nitrogens is 3. The number of para-hydroxylation sites is 1. The van der Waals surface area contributed by atoms with Crippen molar-refractivity contribution >= 4 is 17.5 Å². The smallest absolute Gasteiger partial charge is 0.196 e. The van der Waals surface area contributed by atoms with E-state index in [9.17, 15) is 13.6 Å². The van der Waals surface area contributed by atoms with Crippen LogP contribution in [0.5, 0.6) is 0 Å². The predicted octanol–water partition coefficient (Wildman–Crippen LogP) is 5.19. The van der Waals surface area contributed by atoms with Gasteiger partial charge in [-0.2, -0.15) is 0 Å². The summed E-state index contributed by atoms with van der Waals surface area (Å²) in [5.74, 6) is -1.67. The fraction of sp³-hybridized carbons (Fsp3) is 0.0455. The summed E-state index contributed by atoms with van der Waals surface area (Å²) in [6, 6.07) is 22.3. The van der Waals surface area contributed by atoms with Crippen LogP contribution in [0.25, 0.3) is 17.1 Å². The van der Waals surface area contributed by atoms with E-state index < -0.39 is 11.6 Å². The Morgan fingerprint density at radius 2 is 1.55 bits per heavy atom. The third-order valence-corrected chi connectivity index (χ3v) is 5.18. The summed E-state index contributed by atoms with van der Waals surface area (Å²) >= 11 is 1.19. The Bertz CT molecular complexity index is 1150. The van der Waals surface area contributed by atoms with E-state index in [1.807, 2.05) is 65.2 Å². The quantitative estimate of drug-likeness (QED) is 0.326. The van der Waals surface area contributed by atoms with Crippen LogP contribution < -0.4 is 0 Å². The molecule has 0 bridgehead atoms. The monoisotopic (exact) mass is 407 g/mol. The molecule has 0 aliphatic rings. The molecule has 0 fully saturated rings. The van der Waals surface area contributed by atoms with E-state index in [0.29, 0.717) is 11.0 Å². The van der Waals surface area contributed by atoms with Gasteiger partial charge in [0.25, 0.3) is 0 Å². The molecule has 0 aliphatic heterocycles. The zero-order valence-corrected chi connectivity index (χ0v) is 15.9. The number of rotatable bonds is 6. The molecule has 7 heteroatoms. The average Bonchev–Trinajstić information content (AvgIpc) is 3.19. The number of nitrogens with zero attached hydrogens (tertiary/aromatic N) is 3. The maximum atomic E-state index is 13.4. The second-order valence-corrected chi connectivity index (χ2v) is 7.13. The van der Waals surface area contributed by atoms with Gasteiger partial charge in [-0.15, -0.1) is 10.2 Å². The van der Waals surface area contributed by atoms with Crippen molar-refractivity contribution in [1.29, 1.82) is 0 Å². The van der Waals surface area contributed by atoms with Gasteiger partial charge in [-0.25, -0.2) is 8.78 Å². The fourth-order valence-corrected chi connectivity index (χ4v) is 3.68. The molecule has 0 unspecified atom stereocenters. The van der Waals surface area contributed by atoms with Crippen LogP contribution in [0.15, 0.2) is 84.0 Å². The summed E-state index contributed by atoms with van der Waals surface area (Å²) in [5, 5.41) is 9.10. The summed E-state index contributed by atoms with van der Waals surface area (Å²) < 4.78 is 28.4. The summed E-state index contributed by atoms with van der Waals surface area (Å²) in [6.45, 7) is 0. The topological polar surface area (TPSA) is 47.8 Å². The Hall–Kier alpha value is -3.32. The summed E-state index contributed by atoms with van der Waals surface area (Å²) in [4.78, 5) is 12.4. The van der Waals surface area contributed by atoms with Crippen molar-refractivity contribution in [1.82, 2.24) is 14.8 Å². The molecule has 1 aromatic heterocycles. The number of Topliss-reactive ketones (excluding diaryl/α,β-unsaturated/α-hetero) is 1. The standard InChI is InChI=1S/C22H15F2N3OS/c23-18-12-11-16(13-19(18)24)20(28)14-29-22-26-25-21(15-7-3-1-4-8-15)27(22)17-9-5-2-6-10-17/h1-13H,14H2. The first-order chi connectivity index (χ1) is 14.1. The first-order valence-corrected chi connectivity index (χ1v) is 9.79. The van der Waals surface area contributed by atoms with Crippen molar-refractivity contribution in [3.63, 3.8) is 0 Å². The predicted molar refractivity (Wildman–Crippen MR) is 108 cm³/mol. The summed E-state index contributed by atoms with van der Waals surface area (Å²) in [5.41, 5.74) is 1.87. The maximum Gasteiger partial charge on any atom is 0.196 e. The van der Waals surface area contributed by atoms with Crippen molar-refractivity contribution in [2.24, 2.45) is 0 Å². The molecule has 0 saturated carbocycles. The van der Waals surface area contributed by atoms with E-state index in [1.165, 1.54) is 17.8 Å². The van der Waals surface area contributed by atoms with E-state index in [4.69, 9.17) is 0 Å². The zero-order chi connectivity index (χ0) is 20.2. The number of hydrogen-bond donors (Lipinski definition) is 0. The molecule has 0 saturated heterocycles. The Labute approximate surface area is 170 Å². The molecule has 0 spiro atoms. The lowest BCUT2D eigenvalue weighted by molar-refractivity contribution is 0.102. The molecule has 0 atom stereocenters. The second kappa shape index (κ2) is 8.36. The van der Waals surface area contributed by atoms with Gasteiger partial charge >= 0.3 is 0 Å². The van der Waals surface area contributed by atoms with E-state index in [2.05, 4.69) is 10.2 Å². The minimum absolute atomic E-state index is 0.0187. The van der Waals surface area contributed by atoms with Crippen LogP contribution in [0.3, 0.4) is 0 Å². The van der Waals surface area contributed by atoms with E-state index in [-0.39, 0.29) is 17.1 Å². The van der Waals surface area contributed by atoms with Crippen molar-refractivity contribution in [3.05, 3.63) is 96.1 Å². The highest BCUT2D eigenvalue weighted by molar-refractivity contribution is 7.99. The fourth-order valence-electron chi connectivity index (χ4n) is 2.83. The van der Waals surface area contributed by atoms with Gasteiger partial charge in [-0.05, 0) is 30.3 Å². The number of benzene rings is 3. The molecule has 0 radical (unpaired) electrons. The largest absolute Gasteiger partial charge is 0.293 e. The van der Waals surface area contributed by atoms with Crippen molar-refractivity contribution in [3.8, 4) is 17.1 Å². The van der Waals surface area contributed by atoms with E-state index >= 15 is 0 Å². The Balaban J connectivity index is 1.64.